The van der Waals surface area contributed by atoms with Crippen molar-refractivity contribution in [1.82, 2.24) is 9.88 Å². The number of hydrogen-bond donors (Lipinski definition) is 0. The van der Waals surface area contributed by atoms with Crippen LogP contribution in [0.4, 0.5) is 10.6 Å². The van der Waals surface area contributed by atoms with Crippen molar-refractivity contribution in [2.24, 2.45) is 0 Å². The molecule has 2 aliphatic rings. The maximum atomic E-state index is 11.7. The third kappa shape index (κ3) is 1.93. The first kappa shape index (κ1) is 12.5. The number of ether oxygens (including phenoxy) is 1. The number of likely N-dealkylation sites (N-methyl/N-ethyl adjacent to an activating group) is 1. The fourth-order valence-electron chi connectivity index (χ4n) is 3.42. The van der Waals surface area contributed by atoms with Crippen LogP contribution >= 0.6 is 0 Å². The van der Waals surface area contributed by atoms with E-state index in [0.29, 0.717) is 13.1 Å². The third-order valence-electron chi connectivity index (χ3n) is 4.34. The highest BCUT2D eigenvalue weighted by atomic mass is 16.6. The van der Waals surface area contributed by atoms with Crippen molar-refractivity contribution in [3.05, 3.63) is 24.6 Å². The normalized spacial score (nSPS) is 25.9. The van der Waals surface area contributed by atoms with Crippen molar-refractivity contribution < 1.29 is 13.9 Å². The van der Waals surface area contributed by atoms with E-state index in [0.717, 1.165) is 36.2 Å². The zero-order chi connectivity index (χ0) is 14.4. The summed E-state index contributed by atoms with van der Waals surface area (Å²) in [5.74, 6) is 0.908. The lowest BCUT2D eigenvalue weighted by Crippen LogP contribution is -2.50. The maximum Gasteiger partial charge on any atom is 0.410 e. The molecule has 0 unspecified atom stereocenters. The topological polar surface area (TPSA) is 58.8 Å². The Morgan fingerprint density at radius 3 is 3.05 bits per heavy atom. The third-order valence-corrected chi connectivity index (χ3v) is 4.34. The molecule has 21 heavy (non-hydrogen) atoms. The average Bonchev–Trinajstić information content (AvgIpc) is 3.04. The van der Waals surface area contributed by atoms with E-state index in [9.17, 15) is 4.79 Å². The number of rotatable bonds is 1. The maximum absolute atomic E-state index is 11.7. The fraction of sp³-hybridized carbons (Fsp3) is 0.467. The van der Waals surface area contributed by atoms with Gasteiger partial charge in [-0.05, 0) is 25.0 Å². The minimum atomic E-state index is -0.405. The molecular formula is C15H17N3O3. The monoisotopic (exact) mass is 287 g/mol. The largest absolute Gasteiger partial charge is 0.464 e. The van der Waals surface area contributed by atoms with E-state index in [1.54, 1.807) is 24.4 Å². The van der Waals surface area contributed by atoms with Crippen LogP contribution in [0.5, 0.6) is 0 Å². The lowest BCUT2D eigenvalue weighted by molar-refractivity contribution is 0.0446. The Morgan fingerprint density at radius 1 is 1.33 bits per heavy atom. The highest BCUT2D eigenvalue weighted by molar-refractivity contribution is 5.88. The van der Waals surface area contributed by atoms with Crippen molar-refractivity contribution in [3.63, 3.8) is 0 Å². The number of pyridine rings is 1. The van der Waals surface area contributed by atoms with E-state index in [-0.39, 0.29) is 6.09 Å². The van der Waals surface area contributed by atoms with Crippen LogP contribution in [0.25, 0.3) is 11.0 Å². The molecule has 1 spiro atoms. The number of aromatic nitrogens is 1. The summed E-state index contributed by atoms with van der Waals surface area (Å²) in [6.45, 7) is 2.24. The highest BCUT2D eigenvalue weighted by Crippen LogP contribution is 2.35. The molecule has 0 aromatic carbocycles. The molecular weight excluding hydrogens is 270 g/mol. The van der Waals surface area contributed by atoms with Crippen LogP contribution in [0.15, 0.2) is 29.0 Å². The standard InChI is InChI=1S/C15H17N3O3/c1-17-9-15(21-14(17)19)5-2-7-18(10-15)13-11-4-8-20-12(11)3-6-16-13/h3-4,6,8H,2,5,7,9-10H2,1H3/t15-/m0/s1. The van der Waals surface area contributed by atoms with Gasteiger partial charge in [0.15, 0.2) is 0 Å². The van der Waals surface area contributed by atoms with Crippen LogP contribution in [0.3, 0.4) is 0 Å². The predicted molar refractivity (Wildman–Crippen MR) is 77.3 cm³/mol. The van der Waals surface area contributed by atoms with Crippen LogP contribution in [-0.4, -0.2) is 48.3 Å². The lowest BCUT2D eigenvalue weighted by atomic mass is 9.92. The van der Waals surface area contributed by atoms with Gasteiger partial charge in [-0.15, -0.1) is 0 Å². The number of amides is 1. The molecule has 6 nitrogen and oxygen atoms in total. The molecule has 2 aromatic rings. The zero-order valence-corrected chi connectivity index (χ0v) is 11.9. The van der Waals surface area contributed by atoms with E-state index in [4.69, 9.17) is 9.15 Å². The van der Waals surface area contributed by atoms with Crippen LogP contribution in [0.2, 0.25) is 0 Å². The van der Waals surface area contributed by atoms with Crippen molar-refractivity contribution in [3.8, 4) is 0 Å². The molecule has 0 bridgehead atoms. The Labute approximate surface area is 122 Å². The SMILES string of the molecule is CN1C[C@]2(CCCN(c3nccc4occc34)C2)OC1=O. The van der Waals surface area contributed by atoms with E-state index in [1.807, 2.05) is 12.1 Å². The van der Waals surface area contributed by atoms with E-state index in [1.165, 1.54) is 0 Å². The van der Waals surface area contributed by atoms with E-state index >= 15 is 0 Å². The van der Waals surface area contributed by atoms with Crippen molar-refractivity contribution >= 4 is 22.9 Å². The molecule has 110 valence electrons. The number of carbonyl (C=O) groups is 1. The molecule has 0 radical (unpaired) electrons. The minimum Gasteiger partial charge on any atom is -0.464 e. The number of furan rings is 1. The summed E-state index contributed by atoms with van der Waals surface area (Å²) in [6, 6.07) is 3.80. The smallest absolute Gasteiger partial charge is 0.410 e. The summed E-state index contributed by atoms with van der Waals surface area (Å²) in [4.78, 5) is 20.1. The van der Waals surface area contributed by atoms with E-state index in [2.05, 4.69) is 9.88 Å². The van der Waals surface area contributed by atoms with Crippen LogP contribution in [-0.2, 0) is 4.74 Å². The average molecular weight is 287 g/mol. The second-order valence-corrected chi connectivity index (χ2v) is 5.90. The molecule has 1 amide bonds. The number of piperidine rings is 1. The molecule has 6 heteroatoms. The van der Waals surface area contributed by atoms with Gasteiger partial charge in [-0.1, -0.05) is 0 Å². The summed E-state index contributed by atoms with van der Waals surface area (Å²) >= 11 is 0. The molecule has 2 aliphatic heterocycles. The number of hydrogen-bond acceptors (Lipinski definition) is 5. The van der Waals surface area contributed by atoms with Crippen molar-refractivity contribution in [2.75, 3.05) is 31.6 Å². The van der Waals surface area contributed by atoms with Gasteiger partial charge in [-0.3, -0.25) is 0 Å². The van der Waals surface area contributed by atoms with Gasteiger partial charge in [-0.25, -0.2) is 9.78 Å². The number of anilines is 1. The van der Waals surface area contributed by atoms with Gasteiger partial charge in [-0.2, -0.15) is 0 Å². The Morgan fingerprint density at radius 2 is 2.24 bits per heavy atom. The highest BCUT2D eigenvalue weighted by Gasteiger charge is 2.46. The van der Waals surface area contributed by atoms with Gasteiger partial charge in [0.2, 0.25) is 0 Å². The summed E-state index contributed by atoms with van der Waals surface area (Å²) in [6.07, 6.45) is 5.10. The molecule has 4 rings (SSSR count). The first-order valence-electron chi connectivity index (χ1n) is 7.18. The molecule has 2 saturated heterocycles. The Kier molecular flexibility index (Phi) is 2.60. The quantitative estimate of drug-likeness (QED) is 0.805. The molecule has 4 heterocycles. The van der Waals surface area contributed by atoms with Crippen molar-refractivity contribution in [2.45, 2.75) is 18.4 Å². The lowest BCUT2D eigenvalue weighted by Gasteiger charge is -2.39. The van der Waals surface area contributed by atoms with Gasteiger partial charge in [0.05, 0.1) is 24.7 Å². The summed E-state index contributed by atoms with van der Waals surface area (Å²) < 4.78 is 11.1. The Hall–Kier alpha value is -2.24. The second-order valence-electron chi connectivity index (χ2n) is 5.90. The van der Waals surface area contributed by atoms with Crippen LogP contribution < -0.4 is 4.90 Å². The predicted octanol–water partition coefficient (Wildman–Crippen LogP) is 2.25. The van der Waals surface area contributed by atoms with Gasteiger partial charge in [0.25, 0.3) is 0 Å². The summed E-state index contributed by atoms with van der Waals surface area (Å²) in [5.41, 5.74) is 0.428. The number of nitrogens with zero attached hydrogens (tertiary/aromatic N) is 3. The first-order chi connectivity index (χ1) is 10.2. The molecule has 0 N–H and O–H groups in total. The number of carbonyl (C=O) groups excluding carboxylic acids is 1. The molecule has 0 aliphatic carbocycles. The Balaban J connectivity index is 1.67. The van der Waals surface area contributed by atoms with Gasteiger partial charge < -0.3 is 19.0 Å². The zero-order valence-electron chi connectivity index (χ0n) is 11.9. The van der Waals surface area contributed by atoms with Gasteiger partial charge in [0, 0.05) is 19.8 Å². The minimum absolute atomic E-state index is 0.230. The number of fused-ring (bicyclic) bond motifs is 1. The summed E-state index contributed by atoms with van der Waals surface area (Å²) in [7, 11) is 1.78. The second kappa shape index (κ2) is 4.38. The molecule has 2 aromatic heterocycles. The van der Waals surface area contributed by atoms with Gasteiger partial charge in [0.1, 0.15) is 17.0 Å². The summed E-state index contributed by atoms with van der Waals surface area (Å²) in [5, 5.41) is 1.01. The van der Waals surface area contributed by atoms with Crippen LogP contribution in [0, 0.1) is 0 Å². The first-order valence-corrected chi connectivity index (χ1v) is 7.18. The molecule has 1 atom stereocenters. The molecule has 2 fully saturated rings. The fourth-order valence-corrected chi connectivity index (χ4v) is 3.42. The van der Waals surface area contributed by atoms with Crippen LogP contribution in [0.1, 0.15) is 12.8 Å². The van der Waals surface area contributed by atoms with Crippen molar-refractivity contribution in [1.29, 1.82) is 0 Å². The molecule has 0 saturated carbocycles. The van der Waals surface area contributed by atoms with Gasteiger partial charge >= 0.3 is 6.09 Å². The Bertz CT molecular complexity index is 698. The van der Waals surface area contributed by atoms with E-state index < -0.39 is 5.60 Å².